The smallest absolute Gasteiger partial charge is 0.412 e. The first kappa shape index (κ1) is 13.4. The van der Waals surface area contributed by atoms with Gasteiger partial charge in [0.1, 0.15) is 12.4 Å². The van der Waals surface area contributed by atoms with E-state index < -0.39 is 6.09 Å². The molecule has 0 fully saturated rings. The molecule has 19 heavy (non-hydrogen) atoms. The number of amides is 1. The van der Waals surface area contributed by atoms with E-state index in [0.29, 0.717) is 16.3 Å². The van der Waals surface area contributed by atoms with Crippen LogP contribution >= 0.6 is 11.6 Å². The summed E-state index contributed by atoms with van der Waals surface area (Å²) >= 11 is 5.89. The Morgan fingerprint density at radius 2 is 1.84 bits per heavy atom. The minimum absolute atomic E-state index is 0.0660. The standard InChI is InChI=1S/C14H11ClFNO2/c15-12-3-1-2-4-13(12)17-14(18)19-9-10-5-7-11(16)8-6-10/h1-8H,9H2,(H,17,18). The molecule has 0 radical (unpaired) electrons. The molecule has 0 unspecified atom stereocenters. The molecule has 2 rings (SSSR count). The summed E-state index contributed by atoms with van der Waals surface area (Å²) in [6, 6.07) is 12.6. The van der Waals surface area contributed by atoms with Gasteiger partial charge in [0.2, 0.25) is 0 Å². The molecule has 0 aromatic heterocycles. The van der Waals surface area contributed by atoms with Crippen LogP contribution in [0.3, 0.4) is 0 Å². The summed E-state index contributed by atoms with van der Waals surface area (Å²) < 4.78 is 17.7. The number of nitrogens with one attached hydrogen (secondary N) is 1. The maximum atomic E-state index is 12.7. The molecule has 1 amide bonds. The molecule has 2 aromatic rings. The van der Waals surface area contributed by atoms with Crippen LogP contribution < -0.4 is 5.32 Å². The van der Waals surface area contributed by atoms with Crippen molar-refractivity contribution in [3.8, 4) is 0 Å². The van der Waals surface area contributed by atoms with Crippen molar-refractivity contribution in [2.45, 2.75) is 6.61 Å². The number of carbonyl (C=O) groups excluding carboxylic acids is 1. The van der Waals surface area contributed by atoms with E-state index in [4.69, 9.17) is 16.3 Å². The summed E-state index contributed by atoms with van der Waals surface area (Å²) in [5, 5.41) is 2.96. The second-order valence-corrected chi connectivity index (χ2v) is 4.21. The molecule has 98 valence electrons. The summed E-state index contributed by atoms with van der Waals surface area (Å²) in [5.41, 5.74) is 1.18. The molecular formula is C14H11ClFNO2. The Morgan fingerprint density at radius 1 is 1.16 bits per heavy atom. The number of halogens is 2. The van der Waals surface area contributed by atoms with Crippen LogP contribution in [0.5, 0.6) is 0 Å². The van der Waals surface area contributed by atoms with Crippen LogP contribution in [-0.2, 0) is 11.3 Å². The molecule has 0 bridgehead atoms. The van der Waals surface area contributed by atoms with Crippen molar-refractivity contribution in [3.63, 3.8) is 0 Å². The number of para-hydroxylation sites is 1. The van der Waals surface area contributed by atoms with Crippen LogP contribution in [0.4, 0.5) is 14.9 Å². The molecule has 0 saturated heterocycles. The Balaban J connectivity index is 1.88. The van der Waals surface area contributed by atoms with E-state index in [1.54, 1.807) is 36.4 Å². The number of hydrogen-bond acceptors (Lipinski definition) is 2. The van der Waals surface area contributed by atoms with Crippen molar-refractivity contribution in [1.82, 2.24) is 0 Å². The topological polar surface area (TPSA) is 38.3 Å². The van der Waals surface area contributed by atoms with Crippen molar-refractivity contribution >= 4 is 23.4 Å². The molecular weight excluding hydrogens is 269 g/mol. The number of benzene rings is 2. The largest absolute Gasteiger partial charge is 0.444 e. The van der Waals surface area contributed by atoms with Gasteiger partial charge in [-0.2, -0.15) is 0 Å². The fraction of sp³-hybridized carbons (Fsp3) is 0.0714. The number of anilines is 1. The van der Waals surface area contributed by atoms with Crippen molar-refractivity contribution in [2.24, 2.45) is 0 Å². The molecule has 0 aliphatic rings. The Labute approximate surface area is 115 Å². The molecule has 0 spiro atoms. The Hall–Kier alpha value is -2.07. The van der Waals surface area contributed by atoms with Gasteiger partial charge in [0, 0.05) is 0 Å². The fourth-order valence-electron chi connectivity index (χ4n) is 1.44. The lowest BCUT2D eigenvalue weighted by Gasteiger charge is -2.08. The molecule has 0 heterocycles. The van der Waals surface area contributed by atoms with E-state index in [9.17, 15) is 9.18 Å². The molecule has 0 saturated carbocycles. The summed E-state index contributed by atoms with van der Waals surface area (Å²) in [7, 11) is 0. The zero-order chi connectivity index (χ0) is 13.7. The van der Waals surface area contributed by atoms with Crippen molar-refractivity contribution in [2.75, 3.05) is 5.32 Å². The Kier molecular flexibility index (Phi) is 4.36. The Morgan fingerprint density at radius 3 is 2.53 bits per heavy atom. The number of rotatable bonds is 3. The first-order valence-electron chi connectivity index (χ1n) is 5.58. The average molecular weight is 280 g/mol. The highest BCUT2D eigenvalue weighted by Crippen LogP contribution is 2.20. The van der Waals surface area contributed by atoms with Crippen LogP contribution in [0.1, 0.15) is 5.56 Å². The van der Waals surface area contributed by atoms with E-state index in [0.717, 1.165) is 0 Å². The molecule has 1 N–H and O–H groups in total. The van der Waals surface area contributed by atoms with E-state index in [2.05, 4.69) is 5.32 Å². The lowest BCUT2D eigenvalue weighted by Crippen LogP contribution is -2.13. The molecule has 0 aliphatic carbocycles. The summed E-state index contributed by atoms with van der Waals surface area (Å²) in [4.78, 5) is 11.5. The van der Waals surface area contributed by atoms with Crippen molar-refractivity contribution in [1.29, 1.82) is 0 Å². The molecule has 5 heteroatoms. The first-order valence-corrected chi connectivity index (χ1v) is 5.96. The third-order valence-electron chi connectivity index (χ3n) is 2.39. The van der Waals surface area contributed by atoms with Gasteiger partial charge < -0.3 is 4.74 Å². The van der Waals surface area contributed by atoms with E-state index in [-0.39, 0.29) is 12.4 Å². The second-order valence-electron chi connectivity index (χ2n) is 3.81. The number of ether oxygens (including phenoxy) is 1. The number of hydrogen-bond donors (Lipinski definition) is 1. The minimum Gasteiger partial charge on any atom is -0.444 e. The lowest BCUT2D eigenvalue weighted by molar-refractivity contribution is 0.155. The molecule has 3 nitrogen and oxygen atoms in total. The molecule has 0 aliphatic heterocycles. The maximum absolute atomic E-state index is 12.7. The molecule has 0 atom stereocenters. The van der Waals surface area contributed by atoms with Gasteiger partial charge in [-0.05, 0) is 29.8 Å². The SMILES string of the molecule is O=C(Nc1ccccc1Cl)OCc1ccc(F)cc1. The minimum atomic E-state index is -0.613. The molecule has 2 aromatic carbocycles. The van der Waals surface area contributed by atoms with Crippen molar-refractivity contribution < 1.29 is 13.9 Å². The van der Waals surface area contributed by atoms with Crippen LogP contribution in [0.25, 0.3) is 0 Å². The Bertz CT molecular complexity index is 572. The third kappa shape index (κ3) is 3.96. The van der Waals surface area contributed by atoms with Gasteiger partial charge in [0.15, 0.2) is 0 Å². The monoisotopic (exact) mass is 279 g/mol. The highest BCUT2D eigenvalue weighted by atomic mass is 35.5. The van der Waals surface area contributed by atoms with Crippen LogP contribution in [0.15, 0.2) is 48.5 Å². The first-order chi connectivity index (χ1) is 9.15. The summed E-state index contributed by atoms with van der Waals surface area (Å²) in [6.45, 7) is 0.0660. The summed E-state index contributed by atoms with van der Waals surface area (Å²) in [5.74, 6) is -0.329. The van der Waals surface area contributed by atoms with Crippen molar-refractivity contribution in [3.05, 3.63) is 64.9 Å². The highest BCUT2D eigenvalue weighted by Gasteiger charge is 2.06. The van der Waals surface area contributed by atoms with Crippen LogP contribution in [0, 0.1) is 5.82 Å². The van der Waals surface area contributed by atoms with Gasteiger partial charge in [-0.1, -0.05) is 35.9 Å². The second kappa shape index (κ2) is 6.20. The maximum Gasteiger partial charge on any atom is 0.412 e. The van der Waals surface area contributed by atoms with Gasteiger partial charge in [0.25, 0.3) is 0 Å². The summed E-state index contributed by atoms with van der Waals surface area (Å²) in [6.07, 6.45) is -0.613. The fourth-order valence-corrected chi connectivity index (χ4v) is 1.62. The highest BCUT2D eigenvalue weighted by molar-refractivity contribution is 6.33. The average Bonchev–Trinajstić information content (AvgIpc) is 2.41. The predicted molar refractivity (Wildman–Crippen MR) is 71.7 cm³/mol. The van der Waals surface area contributed by atoms with Gasteiger partial charge in [0.05, 0.1) is 10.7 Å². The lowest BCUT2D eigenvalue weighted by atomic mass is 10.2. The zero-order valence-electron chi connectivity index (χ0n) is 9.90. The van der Waals surface area contributed by atoms with Gasteiger partial charge >= 0.3 is 6.09 Å². The normalized spacial score (nSPS) is 10.0. The van der Waals surface area contributed by atoms with Gasteiger partial charge in [-0.3, -0.25) is 5.32 Å². The van der Waals surface area contributed by atoms with Gasteiger partial charge in [-0.25, -0.2) is 9.18 Å². The third-order valence-corrected chi connectivity index (χ3v) is 2.72. The predicted octanol–water partition coefficient (Wildman–Crippen LogP) is 4.23. The van der Waals surface area contributed by atoms with Crippen LogP contribution in [0.2, 0.25) is 5.02 Å². The quantitative estimate of drug-likeness (QED) is 0.913. The van der Waals surface area contributed by atoms with Crippen LogP contribution in [-0.4, -0.2) is 6.09 Å². The van der Waals surface area contributed by atoms with E-state index in [1.165, 1.54) is 12.1 Å². The van der Waals surface area contributed by atoms with E-state index in [1.807, 2.05) is 0 Å². The van der Waals surface area contributed by atoms with Gasteiger partial charge in [-0.15, -0.1) is 0 Å². The zero-order valence-corrected chi connectivity index (χ0v) is 10.7. The number of carbonyl (C=O) groups is 1. The van der Waals surface area contributed by atoms with E-state index >= 15 is 0 Å².